The maximum Gasteiger partial charge on any atom is 0.408 e. The summed E-state index contributed by atoms with van der Waals surface area (Å²) in [5.74, 6) is -0.553. The van der Waals surface area contributed by atoms with E-state index < -0.39 is 29.3 Å². The van der Waals surface area contributed by atoms with E-state index in [2.05, 4.69) is 30.2 Å². The molecule has 8 heteroatoms. The van der Waals surface area contributed by atoms with Gasteiger partial charge in [0.1, 0.15) is 17.7 Å². The maximum absolute atomic E-state index is 14.1. The van der Waals surface area contributed by atoms with E-state index in [-0.39, 0.29) is 17.6 Å². The Morgan fingerprint density at radius 3 is 2.09 bits per heavy atom. The van der Waals surface area contributed by atoms with Crippen LogP contribution < -0.4 is 10.6 Å². The number of benzene rings is 1. The third-order valence-electron chi connectivity index (χ3n) is 6.08. The lowest BCUT2D eigenvalue weighted by Gasteiger charge is -2.45. The van der Waals surface area contributed by atoms with Gasteiger partial charge < -0.3 is 20.3 Å². The lowest BCUT2D eigenvalue weighted by Crippen LogP contribution is -2.60. The van der Waals surface area contributed by atoms with E-state index >= 15 is 0 Å². The number of thiol groups is 1. The molecule has 0 aliphatic heterocycles. The van der Waals surface area contributed by atoms with Crippen LogP contribution in [0.5, 0.6) is 0 Å². The van der Waals surface area contributed by atoms with Gasteiger partial charge in [-0.2, -0.15) is 12.6 Å². The molecule has 0 saturated heterocycles. The number of amides is 3. The fraction of sp³-hybridized carbons (Fsp3) is 0.667. The highest BCUT2D eigenvalue weighted by Crippen LogP contribution is 2.35. The zero-order valence-electron chi connectivity index (χ0n) is 22.9. The van der Waals surface area contributed by atoms with Crippen molar-refractivity contribution in [2.24, 2.45) is 0 Å². The van der Waals surface area contributed by atoms with Crippen molar-refractivity contribution in [3.05, 3.63) is 34.9 Å². The summed E-state index contributed by atoms with van der Waals surface area (Å²) in [7, 11) is 0. The Morgan fingerprint density at radius 1 is 1.06 bits per heavy atom. The van der Waals surface area contributed by atoms with E-state index in [4.69, 9.17) is 4.74 Å². The number of nitrogens with zero attached hydrogens (tertiary/aromatic N) is 1. The van der Waals surface area contributed by atoms with Crippen LogP contribution in [0.15, 0.2) is 18.2 Å². The smallest absolute Gasteiger partial charge is 0.408 e. The average Bonchev–Trinajstić information content (AvgIpc) is 2.75. The summed E-state index contributed by atoms with van der Waals surface area (Å²) in [6.45, 7) is 17.6. The topological polar surface area (TPSA) is 87.7 Å². The Kier molecular flexibility index (Phi) is 11.6. The highest BCUT2D eigenvalue weighted by atomic mass is 32.1. The van der Waals surface area contributed by atoms with Crippen molar-refractivity contribution >= 4 is 30.5 Å². The van der Waals surface area contributed by atoms with E-state index in [0.717, 1.165) is 29.5 Å². The number of carbonyl (C=O) groups excluding carboxylic acids is 3. The number of ether oxygens (including phenoxy) is 1. The number of hydrogen-bond acceptors (Lipinski definition) is 5. The molecule has 0 aliphatic carbocycles. The van der Waals surface area contributed by atoms with Gasteiger partial charge in [-0.3, -0.25) is 9.59 Å². The first-order valence-electron chi connectivity index (χ1n) is 12.5. The Balaban J connectivity index is 3.60. The zero-order chi connectivity index (χ0) is 27.0. The molecule has 35 heavy (non-hydrogen) atoms. The first-order chi connectivity index (χ1) is 16.2. The second kappa shape index (κ2) is 13.2. The number of unbranched alkanes of at least 4 members (excludes halogenated alkanes) is 1. The standard InChI is InChI=1S/C27H45N3O4S/c1-10-12-16-28-23(31)22(21-18(3)14-13-15-19(21)4)30(27(8,9)11-2)24(32)20(17-35)29-25(33)34-26(5,6)7/h13-15,20,22,35H,10-12,16-17H2,1-9H3,(H,28,31)(H,29,33). The first kappa shape index (κ1) is 30.8. The number of aryl methyl sites for hydroxylation is 2. The largest absolute Gasteiger partial charge is 0.444 e. The van der Waals surface area contributed by atoms with Crippen LogP contribution in [0.25, 0.3) is 0 Å². The Bertz CT molecular complexity index is 859. The number of nitrogens with one attached hydrogen (secondary N) is 2. The molecule has 1 rings (SSSR count). The summed E-state index contributed by atoms with van der Waals surface area (Å²) in [6, 6.07) is 4.02. The summed E-state index contributed by atoms with van der Waals surface area (Å²) < 4.78 is 5.37. The van der Waals surface area contributed by atoms with Crippen LogP contribution in [0.3, 0.4) is 0 Å². The van der Waals surface area contributed by atoms with Crippen LogP contribution in [-0.4, -0.2) is 52.3 Å². The van der Waals surface area contributed by atoms with E-state index in [9.17, 15) is 14.4 Å². The highest BCUT2D eigenvalue weighted by molar-refractivity contribution is 7.80. The van der Waals surface area contributed by atoms with Gasteiger partial charge in [-0.15, -0.1) is 0 Å². The summed E-state index contributed by atoms with van der Waals surface area (Å²) in [4.78, 5) is 41.9. The number of hydrogen-bond donors (Lipinski definition) is 3. The van der Waals surface area contributed by atoms with Gasteiger partial charge in [0.05, 0.1) is 0 Å². The molecule has 198 valence electrons. The van der Waals surface area contributed by atoms with Gasteiger partial charge in [-0.25, -0.2) is 4.79 Å². The molecule has 0 radical (unpaired) electrons. The number of alkyl carbamates (subject to hydrolysis) is 1. The van der Waals surface area contributed by atoms with Gasteiger partial charge in [0.25, 0.3) is 0 Å². The van der Waals surface area contributed by atoms with Crippen molar-refractivity contribution in [3.8, 4) is 0 Å². The van der Waals surface area contributed by atoms with Crippen LogP contribution in [-0.2, 0) is 14.3 Å². The lowest BCUT2D eigenvalue weighted by atomic mass is 9.88. The van der Waals surface area contributed by atoms with Gasteiger partial charge in [-0.05, 0) is 78.0 Å². The highest BCUT2D eigenvalue weighted by Gasteiger charge is 2.43. The van der Waals surface area contributed by atoms with Crippen molar-refractivity contribution in [2.75, 3.05) is 12.3 Å². The summed E-state index contributed by atoms with van der Waals surface area (Å²) >= 11 is 4.36. The molecule has 0 aromatic heterocycles. The van der Waals surface area contributed by atoms with Gasteiger partial charge in [-0.1, -0.05) is 38.5 Å². The van der Waals surface area contributed by atoms with E-state index in [0.29, 0.717) is 13.0 Å². The molecule has 0 bridgehead atoms. The molecule has 0 saturated carbocycles. The lowest BCUT2D eigenvalue weighted by molar-refractivity contribution is -0.148. The summed E-state index contributed by atoms with van der Waals surface area (Å²) in [5.41, 5.74) is 1.25. The molecule has 2 N–H and O–H groups in total. The fourth-order valence-corrected chi connectivity index (χ4v) is 4.12. The normalized spacial score (nSPS) is 13.5. The Hall–Kier alpha value is -2.22. The third kappa shape index (κ3) is 8.74. The molecule has 1 aromatic rings. The minimum atomic E-state index is -0.964. The quantitative estimate of drug-likeness (QED) is 0.287. The van der Waals surface area contributed by atoms with Crippen LogP contribution in [0.1, 0.15) is 90.5 Å². The summed E-state index contributed by atoms with van der Waals surface area (Å²) in [6.07, 6.45) is 1.69. The minimum absolute atomic E-state index is 0.0608. The number of carbonyl (C=O) groups is 3. The molecule has 7 nitrogen and oxygen atoms in total. The predicted octanol–water partition coefficient (Wildman–Crippen LogP) is 5.10. The van der Waals surface area contributed by atoms with Crippen molar-refractivity contribution in [2.45, 2.75) is 105 Å². The molecule has 0 aliphatic rings. The molecule has 2 unspecified atom stereocenters. The van der Waals surface area contributed by atoms with Crippen molar-refractivity contribution < 1.29 is 19.1 Å². The molecule has 0 heterocycles. The van der Waals surface area contributed by atoms with Crippen molar-refractivity contribution in [1.82, 2.24) is 15.5 Å². The third-order valence-corrected chi connectivity index (χ3v) is 6.44. The molecular weight excluding hydrogens is 462 g/mol. The molecule has 1 aromatic carbocycles. The van der Waals surface area contributed by atoms with E-state index in [1.54, 1.807) is 25.7 Å². The predicted molar refractivity (Wildman–Crippen MR) is 145 cm³/mol. The van der Waals surface area contributed by atoms with Gasteiger partial charge in [0.15, 0.2) is 0 Å². The second-order valence-corrected chi connectivity index (χ2v) is 11.0. The van der Waals surface area contributed by atoms with Gasteiger partial charge in [0.2, 0.25) is 11.8 Å². The van der Waals surface area contributed by atoms with E-state index in [1.807, 2.05) is 52.8 Å². The fourth-order valence-electron chi connectivity index (χ4n) is 3.87. The molecule has 3 amide bonds. The molecule has 2 atom stereocenters. The van der Waals surface area contributed by atoms with E-state index in [1.165, 1.54) is 0 Å². The zero-order valence-corrected chi connectivity index (χ0v) is 23.8. The van der Waals surface area contributed by atoms with Crippen LogP contribution in [0.4, 0.5) is 4.79 Å². The molecule has 0 fully saturated rings. The first-order valence-corrected chi connectivity index (χ1v) is 13.1. The van der Waals surface area contributed by atoms with Crippen LogP contribution in [0.2, 0.25) is 0 Å². The molecule has 0 spiro atoms. The Morgan fingerprint density at radius 2 is 1.63 bits per heavy atom. The number of rotatable bonds is 11. The van der Waals surface area contributed by atoms with Crippen LogP contribution >= 0.6 is 12.6 Å². The SMILES string of the molecule is CCCCNC(=O)C(c1c(C)cccc1C)N(C(=O)C(CS)NC(=O)OC(C)(C)C)C(C)(C)CC. The van der Waals surface area contributed by atoms with Crippen LogP contribution in [0, 0.1) is 13.8 Å². The van der Waals surface area contributed by atoms with Crippen molar-refractivity contribution in [1.29, 1.82) is 0 Å². The average molecular weight is 508 g/mol. The minimum Gasteiger partial charge on any atom is -0.444 e. The Labute approximate surface area is 217 Å². The van der Waals surface area contributed by atoms with Gasteiger partial charge >= 0.3 is 6.09 Å². The van der Waals surface area contributed by atoms with Crippen molar-refractivity contribution in [3.63, 3.8) is 0 Å². The monoisotopic (exact) mass is 507 g/mol. The summed E-state index contributed by atoms with van der Waals surface area (Å²) in [5, 5.41) is 5.70. The maximum atomic E-state index is 14.1. The second-order valence-electron chi connectivity index (χ2n) is 10.6. The van der Waals surface area contributed by atoms with Gasteiger partial charge in [0, 0.05) is 17.8 Å². The molecular formula is C27H45N3O4S.